The minimum absolute atomic E-state index is 0.364. The number of aryl methyl sites for hydroxylation is 1. The number of piperidine rings is 1. The molecular weight excluding hydrogens is 334 g/mol. The van der Waals surface area contributed by atoms with E-state index < -0.39 is 22.7 Å². The van der Waals surface area contributed by atoms with E-state index in [0.717, 1.165) is 13.1 Å². The lowest BCUT2D eigenvalue weighted by Gasteiger charge is -2.52. The molecule has 0 aromatic carbocycles. The second kappa shape index (κ2) is 7.13. The van der Waals surface area contributed by atoms with Crippen molar-refractivity contribution < 1.29 is 19.4 Å². The maximum atomic E-state index is 12.7. The Balaban J connectivity index is 1.68. The highest BCUT2D eigenvalue weighted by Crippen LogP contribution is 2.39. The van der Waals surface area contributed by atoms with Crippen LogP contribution in [0.2, 0.25) is 0 Å². The Kier molecular flexibility index (Phi) is 5.23. The average molecular weight is 363 g/mol. The van der Waals surface area contributed by atoms with Crippen molar-refractivity contribution in [1.29, 1.82) is 0 Å². The summed E-state index contributed by atoms with van der Waals surface area (Å²) in [6, 6.07) is 3.41. The highest BCUT2D eigenvalue weighted by molar-refractivity contribution is 6.42. The Bertz CT molecular complexity index is 678. The predicted molar refractivity (Wildman–Crippen MR) is 96.9 cm³/mol. The first-order valence-electron chi connectivity index (χ1n) is 9.21. The monoisotopic (exact) mass is 363 g/mol. The van der Waals surface area contributed by atoms with Crippen molar-refractivity contribution in [3.63, 3.8) is 0 Å². The zero-order valence-electron chi connectivity index (χ0n) is 15.9. The molecule has 1 atom stereocenters. The van der Waals surface area contributed by atoms with Crippen molar-refractivity contribution in [3.8, 4) is 0 Å². The van der Waals surface area contributed by atoms with Gasteiger partial charge in [0.1, 0.15) is 0 Å². The summed E-state index contributed by atoms with van der Waals surface area (Å²) in [4.78, 5) is 29.0. The number of aromatic nitrogens is 1. The number of amides is 1. The van der Waals surface area contributed by atoms with E-state index in [-0.39, 0.29) is 0 Å². The zero-order chi connectivity index (χ0) is 18.9. The van der Waals surface area contributed by atoms with Crippen LogP contribution in [-0.2, 0) is 16.6 Å². The fraction of sp³-hybridized carbons (Fsp3) is 0.684. The molecule has 0 radical (unpaired) electrons. The van der Waals surface area contributed by atoms with Gasteiger partial charge in [0, 0.05) is 51.4 Å². The van der Waals surface area contributed by atoms with Crippen molar-refractivity contribution in [3.05, 3.63) is 24.0 Å². The molecule has 1 N–H and O–H groups in total. The number of β-amino-alcohol motifs (C(OH)–C–C–N with tert-alkyl or cyclic N) is 1. The lowest BCUT2D eigenvalue weighted by molar-refractivity contribution is -0.154. The fourth-order valence-electron chi connectivity index (χ4n) is 3.91. The highest BCUT2D eigenvalue weighted by atomic mass is 16.5. The molecule has 0 spiro atoms. The molecule has 7 nitrogen and oxygen atoms in total. The summed E-state index contributed by atoms with van der Waals surface area (Å²) in [7, 11) is 1.75. The van der Waals surface area contributed by atoms with Gasteiger partial charge < -0.3 is 19.3 Å². The number of hydrogen-bond acceptors (Lipinski definition) is 5. The van der Waals surface area contributed by atoms with Crippen LogP contribution in [0.4, 0.5) is 0 Å². The van der Waals surface area contributed by atoms with Crippen LogP contribution in [0.25, 0.3) is 0 Å². The lowest BCUT2D eigenvalue weighted by atomic mass is 9.69. The van der Waals surface area contributed by atoms with Crippen molar-refractivity contribution in [1.82, 2.24) is 14.4 Å². The molecule has 0 saturated carbocycles. The van der Waals surface area contributed by atoms with Gasteiger partial charge in [0.15, 0.2) is 0 Å². The van der Waals surface area contributed by atoms with Crippen molar-refractivity contribution >= 4 is 11.7 Å². The summed E-state index contributed by atoms with van der Waals surface area (Å²) in [5.41, 5.74) is -1.01. The molecule has 7 heteroatoms. The molecule has 3 heterocycles. The van der Waals surface area contributed by atoms with Crippen LogP contribution in [0, 0.1) is 5.41 Å². The molecule has 2 saturated heterocycles. The number of morpholine rings is 1. The minimum Gasteiger partial charge on any atom is -0.388 e. The maximum absolute atomic E-state index is 12.7. The first-order chi connectivity index (χ1) is 12.2. The van der Waals surface area contributed by atoms with E-state index in [0.29, 0.717) is 45.0 Å². The molecule has 144 valence electrons. The maximum Gasteiger partial charge on any atom is 0.296 e. The average Bonchev–Trinajstić information content (AvgIpc) is 3.03. The number of likely N-dealkylation sites (tertiary alicyclic amines) is 1. The Morgan fingerprint density at radius 2 is 1.92 bits per heavy atom. The Hall–Kier alpha value is -1.70. The normalized spacial score (nSPS) is 26.7. The first-order valence-corrected chi connectivity index (χ1v) is 9.21. The van der Waals surface area contributed by atoms with Gasteiger partial charge in [0.25, 0.3) is 11.7 Å². The Labute approximate surface area is 154 Å². The summed E-state index contributed by atoms with van der Waals surface area (Å²) in [5, 5.41) is 11.3. The number of ketones is 1. The second-order valence-corrected chi connectivity index (χ2v) is 8.11. The van der Waals surface area contributed by atoms with E-state index in [1.165, 1.54) is 0 Å². The zero-order valence-corrected chi connectivity index (χ0v) is 15.9. The van der Waals surface area contributed by atoms with Crippen LogP contribution in [0.15, 0.2) is 18.3 Å². The van der Waals surface area contributed by atoms with Crippen LogP contribution in [0.5, 0.6) is 0 Å². The van der Waals surface area contributed by atoms with E-state index in [4.69, 9.17) is 4.74 Å². The first kappa shape index (κ1) is 19.1. The van der Waals surface area contributed by atoms with Crippen LogP contribution in [0.3, 0.4) is 0 Å². The number of carbonyl (C=O) groups excluding carboxylic acids is 2. The van der Waals surface area contributed by atoms with Crippen LogP contribution < -0.4 is 0 Å². The van der Waals surface area contributed by atoms with E-state index in [9.17, 15) is 14.7 Å². The number of Topliss-reactive ketones (excluding diaryl/α,β-unsaturated/α-hetero) is 1. The number of nitrogens with zero attached hydrogens (tertiary/aromatic N) is 3. The van der Waals surface area contributed by atoms with Gasteiger partial charge in [-0.05, 0) is 18.6 Å². The summed E-state index contributed by atoms with van der Waals surface area (Å²) < 4.78 is 7.03. The third-order valence-corrected chi connectivity index (χ3v) is 5.89. The van der Waals surface area contributed by atoms with E-state index in [1.807, 2.05) is 13.8 Å². The summed E-state index contributed by atoms with van der Waals surface area (Å²) >= 11 is 0. The Morgan fingerprint density at radius 3 is 2.50 bits per heavy atom. The molecule has 0 unspecified atom stereocenters. The minimum atomic E-state index is -0.894. The molecular formula is C19H29N3O4. The smallest absolute Gasteiger partial charge is 0.296 e. The predicted octanol–water partition coefficient (Wildman–Crippen LogP) is 0.530. The largest absolute Gasteiger partial charge is 0.388 e. The summed E-state index contributed by atoms with van der Waals surface area (Å²) in [6.07, 6.45) is 2.21. The third-order valence-electron chi connectivity index (χ3n) is 5.89. The number of carbonyl (C=O) groups is 2. The van der Waals surface area contributed by atoms with E-state index in [1.54, 1.807) is 34.8 Å². The number of ether oxygens (including phenoxy) is 1. The second-order valence-electron chi connectivity index (χ2n) is 8.11. The van der Waals surface area contributed by atoms with Crippen LogP contribution >= 0.6 is 0 Å². The molecule has 3 rings (SSSR count). The number of hydrogen-bond donors (Lipinski definition) is 1. The van der Waals surface area contributed by atoms with Gasteiger partial charge in [0.2, 0.25) is 0 Å². The quantitative estimate of drug-likeness (QED) is 0.624. The summed E-state index contributed by atoms with van der Waals surface area (Å²) in [6.45, 7) is 8.26. The molecule has 1 amide bonds. The van der Waals surface area contributed by atoms with Gasteiger partial charge in [-0.1, -0.05) is 13.8 Å². The molecule has 2 aliphatic heterocycles. The highest BCUT2D eigenvalue weighted by Gasteiger charge is 2.50. The van der Waals surface area contributed by atoms with Gasteiger partial charge in [-0.15, -0.1) is 0 Å². The van der Waals surface area contributed by atoms with Crippen molar-refractivity contribution in [2.24, 2.45) is 12.5 Å². The Morgan fingerprint density at radius 1 is 1.23 bits per heavy atom. The molecule has 0 bridgehead atoms. The van der Waals surface area contributed by atoms with Gasteiger partial charge in [-0.25, -0.2) is 0 Å². The molecule has 0 aliphatic carbocycles. The van der Waals surface area contributed by atoms with Gasteiger partial charge in [-0.2, -0.15) is 0 Å². The SMILES string of the molecule is Cn1cccc1C(=O)C(=O)N1CC[C@](O)(CN2CCOCC2)C(C)(C)C1. The molecule has 1 aromatic rings. The van der Waals surface area contributed by atoms with Gasteiger partial charge in [0.05, 0.1) is 24.5 Å². The molecule has 2 fully saturated rings. The third kappa shape index (κ3) is 3.56. The molecule has 1 aromatic heterocycles. The van der Waals surface area contributed by atoms with Gasteiger partial charge in [-0.3, -0.25) is 14.5 Å². The fourth-order valence-corrected chi connectivity index (χ4v) is 3.91. The van der Waals surface area contributed by atoms with Crippen LogP contribution in [-0.4, -0.2) is 82.7 Å². The summed E-state index contributed by atoms with van der Waals surface area (Å²) in [5.74, 6) is -0.986. The number of aliphatic hydroxyl groups is 1. The number of rotatable bonds is 4. The lowest BCUT2D eigenvalue weighted by Crippen LogP contribution is -2.63. The van der Waals surface area contributed by atoms with Gasteiger partial charge >= 0.3 is 0 Å². The van der Waals surface area contributed by atoms with Crippen LogP contribution in [0.1, 0.15) is 30.8 Å². The topological polar surface area (TPSA) is 75.0 Å². The molecule has 26 heavy (non-hydrogen) atoms. The van der Waals surface area contributed by atoms with Crippen molar-refractivity contribution in [2.45, 2.75) is 25.9 Å². The van der Waals surface area contributed by atoms with E-state index in [2.05, 4.69) is 4.90 Å². The van der Waals surface area contributed by atoms with E-state index >= 15 is 0 Å². The molecule has 2 aliphatic rings. The van der Waals surface area contributed by atoms with Crippen molar-refractivity contribution in [2.75, 3.05) is 45.9 Å². The standard InChI is InChI=1S/C19H29N3O4/c1-18(2)13-22(17(24)16(23)15-5-4-7-20(15)3)8-6-19(18,25)14-21-9-11-26-12-10-21/h4-5,7,25H,6,8-14H2,1-3H3/t19-/m0/s1.